The first-order valence-corrected chi connectivity index (χ1v) is 7.57. The molecule has 5 aromatic rings. The molecule has 0 aromatic heterocycles. The summed E-state index contributed by atoms with van der Waals surface area (Å²) in [4.78, 5) is 0. The van der Waals surface area contributed by atoms with E-state index in [4.69, 9.17) is 3.83 Å². The van der Waals surface area contributed by atoms with E-state index in [1.165, 1.54) is 43.1 Å². The summed E-state index contributed by atoms with van der Waals surface area (Å²) in [6.45, 7) is 0. The van der Waals surface area contributed by atoms with E-state index in [0.29, 0.717) is 0 Å². The Bertz CT molecular complexity index is 945. The smallest absolute Gasteiger partial charge is 0.00264 e. The van der Waals surface area contributed by atoms with E-state index in [2.05, 4.69) is 72.8 Å². The second-order valence-electron chi connectivity index (χ2n) is 5.42. The maximum Gasteiger partial charge on any atom is -0.00264 e. The molecule has 0 saturated heterocycles. The van der Waals surface area contributed by atoms with Gasteiger partial charge in [0.05, 0.1) is 0 Å². The molecule has 0 N–H and O–H groups in total. The average molecular weight is 324 g/mol. The van der Waals surface area contributed by atoms with Gasteiger partial charge >= 0.3 is 19.8 Å². The first-order chi connectivity index (χ1) is 10.9. The third-order valence-corrected chi connectivity index (χ3v) is 4.39. The molecule has 0 saturated carbocycles. The summed E-state index contributed by atoms with van der Waals surface area (Å²) in [5, 5.41) is 10.9. The molecule has 5 aromatic carbocycles. The van der Waals surface area contributed by atoms with Crippen LogP contribution < -0.4 is 0 Å². The molecule has 0 bridgehead atoms. The van der Waals surface area contributed by atoms with Crippen LogP contribution in [0.3, 0.4) is 0 Å². The molecule has 0 amide bonds. The van der Waals surface area contributed by atoms with Gasteiger partial charge in [-0.25, -0.2) is 0 Å². The Kier molecular flexibility index (Phi) is 3.15. The number of fused-ring (bicyclic) bond motifs is 2. The summed E-state index contributed by atoms with van der Waals surface area (Å²) in [6, 6.07) is 26.4. The van der Waals surface area contributed by atoms with Crippen LogP contribution in [0.5, 0.6) is 0 Å². The minimum absolute atomic E-state index is 1.33. The number of hydrogen-bond acceptors (Lipinski definition) is 1. The fraction of sp³-hybridized carbons (Fsp3) is 0. The van der Waals surface area contributed by atoms with Crippen molar-refractivity contribution < 1.29 is 19.8 Å². The van der Waals surface area contributed by atoms with E-state index in [0.717, 1.165) is 0 Å². The van der Waals surface area contributed by atoms with Crippen LogP contribution >= 0.6 is 0 Å². The molecule has 0 aliphatic rings. The van der Waals surface area contributed by atoms with Gasteiger partial charge in [-0.3, -0.25) is 0 Å². The summed E-state index contributed by atoms with van der Waals surface area (Å²) in [5.74, 6) is 0. The molecule has 2 heteroatoms. The van der Waals surface area contributed by atoms with E-state index >= 15 is 0 Å². The number of benzene rings is 5. The molecule has 1 nitrogen and oxygen atoms in total. The van der Waals surface area contributed by atoms with Crippen molar-refractivity contribution in [3.63, 3.8) is 0 Å². The summed E-state index contributed by atoms with van der Waals surface area (Å²) in [7, 11) is 0. The van der Waals surface area contributed by atoms with Crippen molar-refractivity contribution >= 4 is 43.1 Å². The third kappa shape index (κ3) is 1.72. The van der Waals surface area contributed by atoms with Gasteiger partial charge in [0, 0.05) is 0 Å². The minimum Gasteiger partial charge on any atom is -0.0610 e. The maximum absolute atomic E-state index is 8.00. The molecule has 0 aliphatic heterocycles. The summed E-state index contributed by atoms with van der Waals surface area (Å²) >= 11 is 2.00. The Labute approximate surface area is 135 Å². The average Bonchev–Trinajstić information content (AvgIpc) is 2.61. The van der Waals surface area contributed by atoms with Crippen LogP contribution in [0.1, 0.15) is 0 Å². The van der Waals surface area contributed by atoms with Crippen LogP contribution in [-0.2, 0) is 19.8 Å². The van der Waals surface area contributed by atoms with E-state index in [1.807, 2.05) is 15.9 Å². The maximum atomic E-state index is 8.00. The monoisotopic (exact) mass is 324 g/mol. The van der Waals surface area contributed by atoms with Gasteiger partial charge in [-0.05, 0) is 43.1 Å². The van der Waals surface area contributed by atoms with Crippen LogP contribution in [0.2, 0.25) is 0 Å². The predicted molar refractivity (Wildman–Crippen MR) is 88.3 cm³/mol. The van der Waals surface area contributed by atoms with E-state index < -0.39 is 0 Å². The molecule has 106 valence electrons. The molecule has 0 heterocycles. The van der Waals surface area contributed by atoms with Gasteiger partial charge in [-0.1, -0.05) is 72.8 Å². The Morgan fingerprint density at radius 1 is 0.455 bits per heavy atom. The van der Waals surface area contributed by atoms with Crippen molar-refractivity contribution in [1.29, 1.82) is 0 Å². The second-order valence-corrected chi connectivity index (χ2v) is 5.42. The zero-order chi connectivity index (χ0) is 15.1. The largest absolute Gasteiger partial charge is 0.0610 e. The summed E-state index contributed by atoms with van der Waals surface area (Å²) in [6.07, 6.45) is 0. The molecule has 0 radical (unpaired) electrons. The third-order valence-electron chi connectivity index (χ3n) is 4.39. The Morgan fingerprint density at radius 3 is 1.00 bits per heavy atom. The van der Waals surface area contributed by atoms with Crippen molar-refractivity contribution in [3.05, 3.63) is 72.8 Å². The molecule has 22 heavy (non-hydrogen) atoms. The van der Waals surface area contributed by atoms with E-state index in [1.54, 1.807) is 0 Å². The molecule has 0 fully saturated rings. The molecule has 5 rings (SSSR count). The predicted octanol–water partition coefficient (Wildman–Crippen LogP) is 5.62. The van der Waals surface area contributed by atoms with Crippen LogP contribution in [0, 0.1) is 0 Å². The topological polar surface area (TPSA) is 17.1 Å². The summed E-state index contributed by atoms with van der Waals surface area (Å²) < 4.78 is 8.00. The zero-order valence-electron chi connectivity index (χ0n) is 11.7. The van der Waals surface area contributed by atoms with Gasteiger partial charge in [-0.15, -0.1) is 0 Å². The van der Waals surface area contributed by atoms with Gasteiger partial charge in [0.2, 0.25) is 0 Å². The van der Waals surface area contributed by atoms with Crippen LogP contribution in [-0.4, -0.2) is 0 Å². The van der Waals surface area contributed by atoms with E-state index in [9.17, 15) is 0 Å². The molecule has 0 aliphatic carbocycles. The van der Waals surface area contributed by atoms with Crippen molar-refractivity contribution in [3.8, 4) is 0 Å². The fourth-order valence-corrected chi connectivity index (χ4v) is 3.58. The van der Waals surface area contributed by atoms with Crippen LogP contribution in [0.4, 0.5) is 0 Å². The van der Waals surface area contributed by atoms with E-state index in [-0.39, 0.29) is 0 Å². The molecular formula is C20H12FeO. The number of hydrogen-bond donors (Lipinski definition) is 0. The Morgan fingerprint density at radius 2 is 0.727 bits per heavy atom. The van der Waals surface area contributed by atoms with Gasteiger partial charge in [-0.2, -0.15) is 0 Å². The van der Waals surface area contributed by atoms with Gasteiger partial charge < -0.3 is 0 Å². The van der Waals surface area contributed by atoms with Crippen molar-refractivity contribution in [2.45, 2.75) is 0 Å². The minimum atomic E-state index is 1.33. The zero-order valence-corrected chi connectivity index (χ0v) is 12.8. The fourth-order valence-electron chi connectivity index (χ4n) is 3.58. The SMILES string of the molecule is [O]=[Fe].c1cc2cccc3c4cccc5cccc(c(c1)c23)c54. The first-order valence-electron chi connectivity index (χ1n) is 7.12. The summed E-state index contributed by atoms with van der Waals surface area (Å²) in [5.41, 5.74) is 0. The normalized spacial score (nSPS) is 11.1. The van der Waals surface area contributed by atoms with Crippen molar-refractivity contribution in [2.24, 2.45) is 0 Å². The molecular weight excluding hydrogens is 312 g/mol. The number of rotatable bonds is 0. The first kappa shape index (κ1) is 13.4. The molecule has 0 atom stereocenters. The van der Waals surface area contributed by atoms with Crippen molar-refractivity contribution in [2.75, 3.05) is 0 Å². The quantitative estimate of drug-likeness (QED) is 0.205. The molecule has 0 unspecified atom stereocenters. The second kappa shape index (κ2) is 5.17. The van der Waals surface area contributed by atoms with Crippen LogP contribution in [0.25, 0.3) is 43.1 Å². The van der Waals surface area contributed by atoms with Gasteiger partial charge in [0.25, 0.3) is 0 Å². The van der Waals surface area contributed by atoms with Gasteiger partial charge in [0.15, 0.2) is 0 Å². The standard InChI is InChI=1S/C20H12.Fe.O/c1-5-13-6-2-11-17-18-12-4-8-14-7-3-10-16(20(14)18)15(9-1)19(13)17;;/h1-12H;;. The van der Waals surface area contributed by atoms with Gasteiger partial charge in [0.1, 0.15) is 0 Å². The van der Waals surface area contributed by atoms with Crippen LogP contribution in [0.15, 0.2) is 72.8 Å². The Hall–Kier alpha value is -2.28. The Balaban J connectivity index is 0.000000602. The van der Waals surface area contributed by atoms with Crippen molar-refractivity contribution in [1.82, 2.24) is 0 Å². The molecule has 0 spiro atoms.